The van der Waals surface area contributed by atoms with E-state index in [1.54, 1.807) is 0 Å². The Bertz CT molecular complexity index is 171. The van der Waals surface area contributed by atoms with Crippen LogP contribution in [0.25, 0.3) is 0 Å². The highest BCUT2D eigenvalue weighted by Crippen LogP contribution is 2.28. The van der Waals surface area contributed by atoms with Crippen molar-refractivity contribution in [1.82, 2.24) is 10.2 Å². The molecular formula is C12H24N2. The van der Waals surface area contributed by atoms with Gasteiger partial charge in [-0.3, -0.25) is 0 Å². The second-order valence-corrected chi connectivity index (χ2v) is 5.43. The molecule has 0 atom stereocenters. The monoisotopic (exact) mass is 196 g/mol. The van der Waals surface area contributed by atoms with E-state index in [4.69, 9.17) is 0 Å². The summed E-state index contributed by atoms with van der Waals surface area (Å²) in [5.74, 6) is 1.80. The molecule has 2 fully saturated rings. The molecular weight excluding hydrogens is 172 g/mol. The number of nitrogens with one attached hydrogen (secondary N) is 1. The van der Waals surface area contributed by atoms with Crippen LogP contribution in [0.1, 0.15) is 33.1 Å². The van der Waals surface area contributed by atoms with E-state index in [2.05, 4.69) is 24.1 Å². The average molecular weight is 196 g/mol. The van der Waals surface area contributed by atoms with Gasteiger partial charge >= 0.3 is 0 Å². The Labute approximate surface area is 88.1 Å². The van der Waals surface area contributed by atoms with Gasteiger partial charge in [-0.15, -0.1) is 0 Å². The standard InChI is InChI=1S/C12H24N2/c1-10(2)9-14(12-3-4-12)6-5-11-7-13-8-11/h10-13H,3-9H2,1-2H3. The minimum Gasteiger partial charge on any atom is -0.316 e. The molecule has 0 spiro atoms. The molecule has 14 heavy (non-hydrogen) atoms. The number of rotatable bonds is 6. The summed E-state index contributed by atoms with van der Waals surface area (Å²) in [6.45, 7) is 9.85. The second-order valence-electron chi connectivity index (χ2n) is 5.43. The predicted molar refractivity (Wildman–Crippen MR) is 60.4 cm³/mol. The topological polar surface area (TPSA) is 15.3 Å². The normalized spacial score (nSPS) is 23.1. The lowest BCUT2D eigenvalue weighted by Crippen LogP contribution is -2.44. The third-order valence-electron chi connectivity index (χ3n) is 3.35. The maximum absolute atomic E-state index is 3.35. The fraction of sp³-hybridized carbons (Fsp3) is 1.00. The van der Waals surface area contributed by atoms with Crippen molar-refractivity contribution in [2.24, 2.45) is 11.8 Å². The Hall–Kier alpha value is -0.0800. The van der Waals surface area contributed by atoms with Gasteiger partial charge in [-0.1, -0.05) is 13.8 Å². The van der Waals surface area contributed by atoms with Crippen LogP contribution in [0.2, 0.25) is 0 Å². The first-order valence-corrected chi connectivity index (χ1v) is 6.20. The van der Waals surface area contributed by atoms with Crippen molar-refractivity contribution in [2.75, 3.05) is 26.2 Å². The summed E-state index contributed by atoms with van der Waals surface area (Å²) in [7, 11) is 0. The van der Waals surface area contributed by atoms with Gasteiger partial charge in [-0.25, -0.2) is 0 Å². The van der Waals surface area contributed by atoms with E-state index in [0.29, 0.717) is 0 Å². The number of hydrogen-bond donors (Lipinski definition) is 1. The Morgan fingerprint density at radius 2 is 2.00 bits per heavy atom. The Morgan fingerprint density at radius 3 is 2.43 bits per heavy atom. The highest BCUT2D eigenvalue weighted by atomic mass is 15.2. The quantitative estimate of drug-likeness (QED) is 0.696. The minimum absolute atomic E-state index is 0.829. The zero-order chi connectivity index (χ0) is 9.97. The van der Waals surface area contributed by atoms with Gasteiger partial charge in [0.25, 0.3) is 0 Å². The second kappa shape index (κ2) is 4.63. The van der Waals surface area contributed by atoms with Gasteiger partial charge in [0.15, 0.2) is 0 Å². The van der Waals surface area contributed by atoms with E-state index < -0.39 is 0 Å². The van der Waals surface area contributed by atoms with E-state index in [9.17, 15) is 0 Å². The molecule has 0 bridgehead atoms. The number of nitrogens with zero attached hydrogens (tertiary/aromatic N) is 1. The molecule has 2 nitrogen and oxygen atoms in total. The van der Waals surface area contributed by atoms with Crippen molar-refractivity contribution in [1.29, 1.82) is 0 Å². The van der Waals surface area contributed by atoms with E-state index in [1.807, 2.05) is 0 Å². The molecule has 1 saturated heterocycles. The molecule has 1 N–H and O–H groups in total. The van der Waals surface area contributed by atoms with E-state index >= 15 is 0 Å². The molecule has 0 amide bonds. The van der Waals surface area contributed by atoms with Gasteiger partial charge in [0.05, 0.1) is 0 Å². The molecule has 0 aromatic carbocycles. The first-order valence-electron chi connectivity index (χ1n) is 6.20. The molecule has 1 heterocycles. The first kappa shape index (κ1) is 10.4. The van der Waals surface area contributed by atoms with Crippen molar-refractivity contribution in [3.63, 3.8) is 0 Å². The first-order chi connectivity index (χ1) is 6.75. The van der Waals surface area contributed by atoms with E-state index in [0.717, 1.165) is 17.9 Å². The fourth-order valence-corrected chi connectivity index (χ4v) is 2.23. The lowest BCUT2D eigenvalue weighted by molar-refractivity contribution is 0.200. The Balaban J connectivity index is 1.66. The molecule has 2 rings (SSSR count). The predicted octanol–water partition coefficient (Wildman–Crippen LogP) is 1.72. The largest absolute Gasteiger partial charge is 0.316 e. The maximum Gasteiger partial charge on any atom is 0.00965 e. The van der Waals surface area contributed by atoms with Crippen LogP contribution in [0.5, 0.6) is 0 Å². The molecule has 2 aliphatic rings. The van der Waals surface area contributed by atoms with Crippen LogP contribution in [0.3, 0.4) is 0 Å². The van der Waals surface area contributed by atoms with Crippen LogP contribution in [-0.2, 0) is 0 Å². The molecule has 1 aliphatic heterocycles. The van der Waals surface area contributed by atoms with Gasteiger partial charge in [-0.2, -0.15) is 0 Å². The summed E-state index contributed by atoms with van der Waals surface area (Å²) in [5.41, 5.74) is 0. The van der Waals surface area contributed by atoms with Crippen LogP contribution in [0.15, 0.2) is 0 Å². The van der Waals surface area contributed by atoms with Crippen LogP contribution >= 0.6 is 0 Å². The summed E-state index contributed by atoms with van der Waals surface area (Å²) in [6, 6.07) is 0.949. The highest BCUT2D eigenvalue weighted by molar-refractivity contribution is 4.86. The summed E-state index contributed by atoms with van der Waals surface area (Å²) in [6.07, 6.45) is 4.32. The Kier molecular flexibility index (Phi) is 3.45. The Morgan fingerprint density at radius 1 is 1.29 bits per heavy atom. The highest BCUT2D eigenvalue weighted by Gasteiger charge is 2.29. The van der Waals surface area contributed by atoms with Crippen molar-refractivity contribution >= 4 is 0 Å². The molecule has 1 aliphatic carbocycles. The van der Waals surface area contributed by atoms with Crippen molar-refractivity contribution in [2.45, 2.75) is 39.2 Å². The summed E-state index contributed by atoms with van der Waals surface area (Å²) < 4.78 is 0. The van der Waals surface area contributed by atoms with Crippen LogP contribution in [0.4, 0.5) is 0 Å². The fourth-order valence-electron chi connectivity index (χ4n) is 2.23. The third-order valence-corrected chi connectivity index (χ3v) is 3.35. The van der Waals surface area contributed by atoms with Gasteiger partial charge in [0.1, 0.15) is 0 Å². The molecule has 1 saturated carbocycles. The van der Waals surface area contributed by atoms with Crippen LogP contribution in [-0.4, -0.2) is 37.1 Å². The number of hydrogen-bond acceptors (Lipinski definition) is 2. The maximum atomic E-state index is 3.35. The average Bonchev–Trinajstić information content (AvgIpc) is 2.80. The summed E-state index contributed by atoms with van der Waals surface area (Å²) in [5, 5.41) is 3.35. The third kappa shape index (κ3) is 2.96. The molecule has 2 heteroatoms. The van der Waals surface area contributed by atoms with Crippen LogP contribution in [0, 0.1) is 11.8 Å². The molecule has 0 unspecified atom stereocenters. The van der Waals surface area contributed by atoms with Crippen LogP contribution < -0.4 is 5.32 Å². The lowest BCUT2D eigenvalue weighted by atomic mass is 9.99. The van der Waals surface area contributed by atoms with Gasteiger partial charge in [-0.05, 0) is 50.7 Å². The smallest absolute Gasteiger partial charge is 0.00965 e. The zero-order valence-corrected chi connectivity index (χ0v) is 9.63. The molecule has 82 valence electrons. The van der Waals surface area contributed by atoms with Gasteiger partial charge < -0.3 is 10.2 Å². The molecule has 0 aromatic rings. The SMILES string of the molecule is CC(C)CN(CCC1CNC1)C1CC1. The summed E-state index contributed by atoms with van der Waals surface area (Å²) >= 11 is 0. The van der Waals surface area contributed by atoms with Gasteiger partial charge in [0.2, 0.25) is 0 Å². The van der Waals surface area contributed by atoms with E-state index in [1.165, 1.54) is 45.4 Å². The van der Waals surface area contributed by atoms with Gasteiger partial charge in [0, 0.05) is 12.6 Å². The van der Waals surface area contributed by atoms with Crippen molar-refractivity contribution < 1.29 is 0 Å². The lowest BCUT2D eigenvalue weighted by Gasteiger charge is -2.31. The van der Waals surface area contributed by atoms with E-state index in [-0.39, 0.29) is 0 Å². The van der Waals surface area contributed by atoms with Crippen molar-refractivity contribution in [3.05, 3.63) is 0 Å². The van der Waals surface area contributed by atoms with Crippen molar-refractivity contribution in [3.8, 4) is 0 Å². The minimum atomic E-state index is 0.829. The zero-order valence-electron chi connectivity index (χ0n) is 9.63. The molecule has 0 radical (unpaired) electrons. The molecule has 0 aromatic heterocycles. The summed E-state index contributed by atoms with van der Waals surface area (Å²) in [4.78, 5) is 2.73.